The van der Waals surface area contributed by atoms with Crippen LogP contribution in [0.1, 0.15) is 60.2 Å². The van der Waals surface area contributed by atoms with Gasteiger partial charge in [-0.2, -0.15) is 0 Å². The average molecular weight is 831 g/mol. The molecule has 0 aliphatic carbocycles. The van der Waals surface area contributed by atoms with Gasteiger partial charge in [-0.1, -0.05) is 60.7 Å². The predicted octanol–water partition coefficient (Wildman–Crippen LogP) is 9.48. The van der Waals surface area contributed by atoms with Gasteiger partial charge in [-0.25, -0.2) is 0 Å². The highest BCUT2D eigenvalue weighted by molar-refractivity contribution is 6.05. The van der Waals surface area contributed by atoms with E-state index in [1.165, 1.54) is 37.1 Å². The maximum atomic E-state index is 12.8. The monoisotopic (exact) mass is 830 g/mol. The lowest BCUT2D eigenvalue weighted by molar-refractivity contribution is -0.117. The molecular weight excluding hydrogens is 789 g/mol. The molecule has 0 saturated carbocycles. The fourth-order valence-corrected chi connectivity index (χ4v) is 7.21. The van der Waals surface area contributed by atoms with Crippen molar-refractivity contribution in [1.29, 1.82) is 0 Å². The summed E-state index contributed by atoms with van der Waals surface area (Å²) in [7, 11) is 3.07. The van der Waals surface area contributed by atoms with E-state index in [4.69, 9.17) is 9.47 Å². The summed E-state index contributed by atoms with van der Waals surface area (Å²) in [5.41, 5.74) is -0.901. The van der Waals surface area contributed by atoms with Crippen LogP contribution in [0.2, 0.25) is 0 Å². The third kappa shape index (κ3) is 8.85. The number of hydrogen-bond acceptors (Lipinski definition) is 10. The molecule has 312 valence electrons. The van der Waals surface area contributed by atoms with Gasteiger partial charge in [0.25, 0.3) is 11.1 Å². The quantitative estimate of drug-likeness (QED) is 0.113. The van der Waals surface area contributed by atoms with Crippen LogP contribution in [0.3, 0.4) is 0 Å². The Bertz CT molecular complexity index is 3230. The third-order valence-corrected chi connectivity index (χ3v) is 10.6. The van der Waals surface area contributed by atoms with Gasteiger partial charge in [0.1, 0.15) is 57.2 Å². The van der Waals surface area contributed by atoms with E-state index < -0.39 is 28.4 Å². The van der Waals surface area contributed by atoms with Crippen molar-refractivity contribution in [2.24, 2.45) is 14.1 Å². The van der Waals surface area contributed by atoms with Gasteiger partial charge in [0, 0.05) is 56.6 Å². The lowest BCUT2D eigenvalue weighted by atomic mass is 10.0. The zero-order valence-electron chi connectivity index (χ0n) is 34.4. The van der Waals surface area contributed by atoms with Crippen LogP contribution in [0.25, 0.3) is 43.4 Å². The van der Waals surface area contributed by atoms with Crippen molar-refractivity contribution >= 4 is 66.5 Å². The Balaban J connectivity index is 0.000000186. The van der Waals surface area contributed by atoms with Gasteiger partial charge in [-0.15, -0.1) is 0 Å². The second-order valence-electron chi connectivity index (χ2n) is 15.0. The summed E-state index contributed by atoms with van der Waals surface area (Å²) in [5, 5.41) is 26.3. The van der Waals surface area contributed by atoms with Crippen molar-refractivity contribution in [3.8, 4) is 34.5 Å². The van der Waals surface area contributed by atoms with E-state index in [9.17, 15) is 39.0 Å². The molecule has 8 aromatic rings. The molecule has 12 nitrogen and oxygen atoms in total. The second-order valence-corrected chi connectivity index (χ2v) is 15.0. The molecule has 2 heterocycles. The molecule has 0 saturated heterocycles. The molecule has 6 aromatic carbocycles. The number of hydrogen-bond donors (Lipinski definition) is 2. The normalized spacial score (nSPS) is 11.0. The van der Waals surface area contributed by atoms with Crippen molar-refractivity contribution in [3.63, 3.8) is 0 Å². The highest BCUT2D eigenvalue weighted by Gasteiger charge is 2.23. The van der Waals surface area contributed by atoms with Gasteiger partial charge in [-0.3, -0.25) is 19.2 Å². The number of pyridine rings is 2. The number of carbonyl (C=O) groups excluding carboxylic acids is 4. The molecule has 62 heavy (non-hydrogen) atoms. The number of aryl methyl sites for hydroxylation is 2. The highest BCUT2D eigenvalue weighted by Crippen LogP contribution is 2.34. The molecule has 0 aliphatic rings. The molecular formula is C50H42N2O10. The minimum Gasteiger partial charge on any atom is -0.506 e. The highest BCUT2D eigenvalue weighted by atomic mass is 16.5. The van der Waals surface area contributed by atoms with Gasteiger partial charge < -0.3 is 38.4 Å². The first-order valence-corrected chi connectivity index (χ1v) is 19.8. The van der Waals surface area contributed by atoms with E-state index in [0.29, 0.717) is 44.8 Å². The summed E-state index contributed by atoms with van der Waals surface area (Å²) < 4.78 is 14.6. The number of rotatable bonds is 12. The van der Waals surface area contributed by atoms with E-state index in [-0.39, 0.29) is 54.1 Å². The predicted molar refractivity (Wildman–Crippen MR) is 238 cm³/mol. The Kier molecular flexibility index (Phi) is 12.1. The summed E-state index contributed by atoms with van der Waals surface area (Å²) in [4.78, 5) is 72.8. The van der Waals surface area contributed by atoms with Crippen molar-refractivity contribution in [3.05, 3.63) is 153 Å². The molecule has 0 radical (unpaired) electrons. The van der Waals surface area contributed by atoms with E-state index in [2.05, 4.69) is 0 Å². The largest absolute Gasteiger partial charge is 0.506 e. The molecule has 0 atom stereocenters. The van der Waals surface area contributed by atoms with Crippen LogP contribution in [0.15, 0.2) is 131 Å². The smallest absolute Gasteiger partial charge is 0.265 e. The Hall–Kier alpha value is -7.86. The first kappa shape index (κ1) is 42.3. The maximum Gasteiger partial charge on any atom is 0.265 e. The van der Waals surface area contributed by atoms with Crippen LogP contribution < -0.4 is 20.6 Å². The van der Waals surface area contributed by atoms with Crippen LogP contribution in [0, 0.1) is 0 Å². The summed E-state index contributed by atoms with van der Waals surface area (Å²) in [6, 6.07) is 37.2. The van der Waals surface area contributed by atoms with E-state index >= 15 is 0 Å². The number of carbonyl (C=O) groups is 4. The maximum absolute atomic E-state index is 12.8. The first-order chi connectivity index (χ1) is 29.7. The fraction of sp³-hybridized carbons (Fsp3) is 0.160. The summed E-state index contributed by atoms with van der Waals surface area (Å²) >= 11 is 0. The number of ketones is 4. The van der Waals surface area contributed by atoms with E-state index in [1.807, 2.05) is 84.9 Å². The van der Waals surface area contributed by atoms with Gasteiger partial charge >= 0.3 is 0 Å². The topological polar surface area (TPSA) is 171 Å². The fourth-order valence-electron chi connectivity index (χ4n) is 7.21. The molecule has 0 aliphatic heterocycles. The van der Waals surface area contributed by atoms with Crippen molar-refractivity contribution in [2.45, 2.75) is 39.5 Å². The van der Waals surface area contributed by atoms with E-state index in [0.717, 1.165) is 21.5 Å². The zero-order chi connectivity index (χ0) is 44.2. The molecule has 0 bridgehead atoms. The Morgan fingerprint density at radius 1 is 0.468 bits per heavy atom. The van der Waals surface area contributed by atoms with Crippen LogP contribution in [0.4, 0.5) is 0 Å². The summed E-state index contributed by atoms with van der Waals surface area (Å²) in [6.07, 6.45) is -0.202. The Morgan fingerprint density at radius 2 is 0.871 bits per heavy atom. The Morgan fingerprint density at radius 3 is 1.37 bits per heavy atom. The van der Waals surface area contributed by atoms with Crippen LogP contribution in [-0.2, 0) is 23.7 Å². The summed E-state index contributed by atoms with van der Waals surface area (Å²) in [6.45, 7) is 2.75. The van der Waals surface area contributed by atoms with Crippen LogP contribution in [-0.4, -0.2) is 42.5 Å². The SMILES string of the molecule is CC(=O)CCC(=O)c1c(O)c2cc(Oc3ccc4ccccc4c3)ccc2n(C)c1=O.CC(=O)CCC(=O)c1c(O)c2ccc(Oc3ccc4ccccc4c3)cc2n(C)c1=O. The lowest BCUT2D eigenvalue weighted by Crippen LogP contribution is -2.25. The second kappa shape index (κ2) is 17.8. The number of nitrogens with zero attached hydrogens (tertiary/aromatic N) is 2. The average Bonchev–Trinajstić information content (AvgIpc) is 3.26. The lowest BCUT2D eigenvalue weighted by Gasteiger charge is -2.13. The zero-order valence-corrected chi connectivity index (χ0v) is 34.4. The molecule has 2 aromatic heterocycles. The molecule has 0 amide bonds. The molecule has 12 heteroatoms. The molecule has 0 unspecified atom stereocenters. The van der Waals surface area contributed by atoms with Crippen LogP contribution in [0.5, 0.6) is 34.5 Å². The van der Waals surface area contributed by atoms with Crippen molar-refractivity contribution in [2.75, 3.05) is 0 Å². The van der Waals surface area contributed by atoms with Crippen molar-refractivity contribution in [1.82, 2.24) is 9.13 Å². The van der Waals surface area contributed by atoms with Gasteiger partial charge in [0.15, 0.2) is 11.6 Å². The summed E-state index contributed by atoms with van der Waals surface area (Å²) in [5.74, 6) is 0.0369. The van der Waals surface area contributed by atoms with Gasteiger partial charge in [0.2, 0.25) is 0 Å². The van der Waals surface area contributed by atoms with E-state index in [1.54, 1.807) is 36.4 Å². The standard InChI is InChI=1S/2C25H21NO5/c1-15(27)7-12-22(28)23-24(29)20-14-19(10-11-21(20)26(2)25(23)30)31-18-9-8-16-5-3-4-6-17(16)13-18;1-15(27)7-12-22(28)23-24(29)20-11-10-19(14-21(20)26(2)25(23)30)31-18-9-8-16-5-3-4-6-17(16)13-18/h2*3-6,8-11,13-14,29H,7,12H2,1-2H3. The number of aromatic nitrogens is 2. The minimum atomic E-state index is -0.610. The van der Waals surface area contributed by atoms with Crippen LogP contribution >= 0.6 is 0 Å². The molecule has 0 spiro atoms. The molecule has 8 rings (SSSR count). The number of aromatic hydroxyl groups is 2. The number of fused-ring (bicyclic) bond motifs is 4. The minimum absolute atomic E-state index is 0.0184. The molecule has 2 N–H and O–H groups in total. The third-order valence-electron chi connectivity index (χ3n) is 10.6. The number of Topliss-reactive ketones (excluding diaryl/α,β-unsaturated/α-hetero) is 4. The van der Waals surface area contributed by atoms with Gasteiger partial charge in [0.05, 0.1) is 11.0 Å². The number of ether oxygens (including phenoxy) is 2. The first-order valence-electron chi connectivity index (χ1n) is 19.8. The Labute approximate surface area is 354 Å². The number of benzene rings is 6. The molecule has 0 fully saturated rings. The van der Waals surface area contributed by atoms with Crippen molar-refractivity contribution < 1.29 is 38.9 Å². The van der Waals surface area contributed by atoms with Gasteiger partial charge in [-0.05, 0) is 90.0 Å².